The lowest BCUT2D eigenvalue weighted by Crippen LogP contribution is -2.19. The lowest BCUT2D eigenvalue weighted by molar-refractivity contribution is -0.138. The van der Waals surface area contributed by atoms with Crippen LogP contribution >= 0.6 is 0 Å². The van der Waals surface area contributed by atoms with Crippen molar-refractivity contribution in [3.05, 3.63) is 54.6 Å². The van der Waals surface area contributed by atoms with Crippen molar-refractivity contribution < 1.29 is 18.7 Å². The highest BCUT2D eigenvalue weighted by molar-refractivity contribution is 5.93. The lowest BCUT2D eigenvalue weighted by Gasteiger charge is -2.13. The summed E-state index contributed by atoms with van der Waals surface area (Å²) in [5, 5.41) is 2.96. The number of rotatable bonds is 7. The van der Waals surface area contributed by atoms with Gasteiger partial charge in [-0.15, -0.1) is 0 Å². The Labute approximate surface area is 190 Å². The third-order valence-corrected chi connectivity index (χ3v) is 5.00. The number of nitrogens with one attached hydrogen (secondary N) is 1. The molecule has 0 aliphatic carbocycles. The SMILES string of the molecule is CC(C)C(=O)Nc1ccccc1Cn1cnc2c(-c3ccco3)nc(OC(=O)C(C)C)nc21. The number of esters is 1. The maximum absolute atomic E-state index is 12.2. The van der Waals surface area contributed by atoms with Gasteiger partial charge in [-0.3, -0.25) is 9.59 Å². The molecule has 0 spiro atoms. The molecule has 4 aromatic rings. The second kappa shape index (κ2) is 9.23. The number of imidazole rings is 1. The van der Waals surface area contributed by atoms with Gasteiger partial charge < -0.3 is 19.0 Å². The molecular formula is C24H25N5O4. The van der Waals surface area contributed by atoms with E-state index in [1.165, 1.54) is 6.26 Å². The molecule has 0 atom stereocenters. The third kappa shape index (κ3) is 4.77. The van der Waals surface area contributed by atoms with Crippen LogP contribution in [-0.4, -0.2) is 31.4 Å². The molecule has 170 valence electrons. The average molecular weight is 447 g/mol. The number of anilines is 1. The number of benzene rings is 1. The van der Waals surface area contributed by atoms with Crippen molar-refractivity contribution in [3.63, 3.8) is 0 Å². The number of nitrogens with zero attached hydrogens (tertiary/aromatic N) is 4. The van der Waals surface area contributed by atoms with E-state index < -0.39 is 5.97 Å². The Bertz CT molecular complexity index is 1290. The number of amides is 1. The Kier molecular flexibility index (Phi) is 6.21. The van der Waals surface area contributed by atoms with E-state index in [0.29, 0.717) is 34.9 Å². The predicted molar refractivity (Wildman–Crippen MR) is 123 cm³/mol. The van der Waals surface area contributed by atoms with Crippen molar-refractivity contribution in [1.82, 2.24) is 19.5 Å². The van der Waals surface area contributed by atoms with Gasteiger partial charge >= 0.3 is 12.0 Å². The van der Waals surface area contributed by atoms with E-state index in [1.807, 2.05) is 42.7 Å². The van der Waals surface area contributed by atoms with Gasteiger partial charge in [0.2, 0.25) is 5.91 Å². The van der Waals surface area contributed by atoms with E-state index in [-0.39, 0.29) is 23.8 Å². The average Bonchev–Trinajstić information content (AvgIpc) is 3.45. The Morgan fingerprint density at radius 1 is 1.06 bits per heavy atom. The van der Waals surface area contributed by atoms with Crippen LogP contribution in [0.5, 0.6) is 6.01 Å². The van der Waals surface area contributed by atoms with Crippen LogP contribution in [0.4, 0.5) is 5.69 Å². The quantitative estimate of drug-likeness (QED) is 0.421. The van der Waals surface area contributed by atoms with Gasteiger partial charge in [0.1, 0.15) is 11.2 Å². The Hall–Kier alpha value is -4.01. The van der Waals surface area contributed by atoms with E-state index >= 15 is 0 Å². The van der Waals surface area contributed by atoms with Gasteiger partial charge in [0.05, 0.1) is 25.1 Å². The Morgan fingerprint density at radius 3 is 2.55 bits per heavy atom. The Morgan fingerprint density at radius 2 is 1.85 bits per heavy atom. The summed E-state index contributed by atoms with van der Waals surface area (Å²) in [5.41, 5.74) is 3.01. The van der Waals surface area contributed by atoms with Gasteiger partial charge in [-0.2, -0.15) is 9.97 Å². The van der Waals surface area contributed by atoms with E-state index in [1.54, 1.807) is 32.3 Å². The van der Waals surface area contributed by atoms with Crippen LogP contribution in [0.1, 0.15) is 33.3 Å². The van der Waals surface area contributed by atoms with Gasteiger partial charge in [0, 0.05) is 11.6 Å². The molecule has 0 aliphatic rings. The lowest BCUT2D eigenvalue weighted by atomic mass is 10.1. The highest BCUT2D eigenvalue weighted by Crippen LogP contribution is 2.28. The minimum atomic E-state index is -0.437. The zero-order valence-electron chi connectivity index (χ0n) is 18.9. The molecule has 9 nitrogen and oxygen atoms in total. The first kappa shape index (κ1) is 22.2. The summed E-state index contributed by atoms with van der Waals surface area (Å²) in [7, 11) is 0. The standard InChI is InChI=1S/C24H25N5O4/c1-14(2)22(30)26-17-9-6-5-8-16(17)12-29-13-25-20-19(18-10-7-11-32-18)27-24(28-21(20)29)33-23(31)15(3)4/h5-11,13-15H,12H2,1-4H3,(H,26,30). The fourth-order valence-corrected chi connectivity index (χ4v) is 3.12. The summed E-state index contributed by atoms with van der Waals surface area (Å²) in [5.74, 6) is -0.499. The summed E-state index contributed by atoms with van der Waals surface area (Å²) in [6.07, 6.45) is 3.18. The maximum atomic E-state index is 12.2. The van der Waals surface area contributed by atoms with E-state index in [2.05, 4.69) is 20.3 Å². The highest BCUT2D eigenvalue weighted by Gasteiger charge is 2.20. The highest BCUT2D eigenvalue weighted by atomic mass is 16.5. The largest absolute Gasteiger partial charge is 0.463 e. The summed E-state index contributed by atoms with van der Waals surface area (Å²) in [6, 6.07) is 11.0. The Balaban J connectivity index is 1.76. The molecule has 0 unspecified atom stereocenters. The molecule has 0 fully saturated rings. The fourth-order valence-electron chi connectivity index (χ4n) is 3.12. The molecule has 4 rings (SSSR count). The van der Waals surface area contributed by atoms with Gasteiger partial charge in [0.15, 0.2) is 11.4 Å². The molecule has 0 bridgehead atoms. The molecule has 33 heavy (non-hydrogen) atoms. The number of aromatic nitrogens is 4. The smallest absolute Gasteiger partial charge is 0.327 e. The molecule has 0 aliphatic heterocycles. The minimum absolute atomic E-state index is 0.0664. The molecule has 1 aromatic carbocycles. The van der Waals surface area contributed by atoms with Gasteiger partial charge in [0.25, 0.3) is 0 Å². The molecule has 0 saturated heterocycles. The number of hydrogen-bond donors (Lipinski definition) is 1. The number of furan rings is 1. The van der Waals surface area contributed by atoms with Crippen molar-refractivity contribution >= 4 is 28.7 Å². The topological polar surface area (TPSA) is 112 Å². The van der Waals surface area contributed by atoms with Crippen molar-refractivity contribution in [2.75, 3.05) is 5.32 Å². The van der Waals surface area contributed by atoms with Crippen LogP contribution in [-0.2, 0) is 16.1 Å². The third-order valence-electron chi connectivity index (χ3n) is 5.00. The molecule has 3 aromatic heterocycles. The van der Waals surface area contributed by atoms with E-state index in [9.17, 15) is 9.59 Å². The van der Waals surface area contributed by atoms with Gasteiger partial charge in [-0.25, -0.2) is 4.98 Å². The first-order valence-corrected chi connectivity index (χ1v) is 10.7. The van der Waals surface area contributed by atoms with Gasteiger partial charge in [-0.05, 0) is 23.8 Å². The first-order chi connectivity index (χ1) is 15.8. The number of carbonyl (C=O) groups excluding carboxylic acids is 2. The van der Waals surface area contributed by atoms with Crippen molar-refractivity contribution in [3.8, 4) is 17.5 Å². The molecular weight excluding hydrogens is 422 g/mol. The summed E-state index contributed by atoms with van der Waals surface area (Å²) in [6.45, 7) is 7.54. The van der Waals surface area contributed by atoms with Gasteiger partial charge in [-0.1, -0.05) is 45.9 Å². The number of carbonyl (C=O) groups is 2. The van der Waals surface area contributed by atoms with Crippen LogP contribution < -0.4 is 10.1 Å². The van der Waals surface area contributed by atoms with Crippen molar-refractivity contribution in [2.45, 2.75) is 34.2 Å². The fraction of sp³-hybridized carbons (Fsp3) is 0.292. The van der Waals surface area contributed by atoms with Crippen LogP contribution in [0.2, 0.25) is 0 Å². The molecule has 0 radical (unpaired) electrons. The predicted octanol–water partition coefficient (Wildman–Crippen LogP) is 4.29. The normalized spacial score (nSPS) is 11.3. The zero-order valence-corrected chi connectivity index (χ0v) is 18.9. The number of hydrogen-bond acceptors (Lipinski definition) is 7. The summed E-state index contributed by atoms with van der Waals surface area (Å²) >= 11 is 0. The molecule has 1 N–H and O–H groups in total. The number of para-hydroxylation sites is 1. The second-order valence-corrected chi connectivity index (χ2v) is 8.25. The second-order valence-electron chi connectivity index (χ2n) is 8.25. The summed E-state index contributed by atoms with van der Waals surface area (Å²) < 4.78 is 12.7. The van der Waals surface area contributed by atoms with E-state index in [0.717, 1.165) is 5.56 Å². The summed E-state index contributed by atoms with van der Waals surface area (Å²) in [4.78, 5) is 37.8. The molecule has 0 saturated carbocycles. The molecule has 1 amide bonds. The first-order valence-electron chi connectivity index (χ1n) is 10.7. The zero-order chi connectivity index (χ0) is 23.5. The maximum Gasteiger partial charge on any atom is 0.327 e. The van der Waals surface area contributed by atoms with E-state index in [4.69, 9.17) is 9.15 Å². The van der Waals surface area contributed by atoms with Crippen LogP contribution in [0.25, 0.3) is 22.6 Å². The monoisotopic (exact) mass is 447 g/mol. The van der Waals surface area contributed by atoms with Crippen LogP contribution in [0.3, 0.4) is 0 Å². The molecule has 3 heterocycles. The van der Waals surface area contributed by atoms with Crippen LogP contribution in [0, 0.1) is 11.8 Å². The van der Waals surface area contributed by atoms with Crippen LogP contribution in [0.15, 0.2) is 53.4 Å². The molecule has 9 heteroatoms. The number of ether oxygens (including phenoxy) is 1. The number of fused-ring (bicyclic) bond motifs is 1. The van der Waals surface area contributed by atoms with Crippen molar-refractivity contribution in [1.29, 1.82) is 0 Å². The minimum Gasteiger partial charge on any atom is -0.463 e. The van der Waals surface area contributed by atoms with Crippen molar-refractivity contribution in [2.24, 2.45) is 11.8 Å².